The fourth-order valence-electron chi connectivity index (χ4n) is 1.80. The van der Waals surface area contributed by atoms with Crippen LogP contribution in [-0.2, 0) is 4.79 Å². The largest absolute Gasteiger partial charge is 0.480 e. The predicted octanol–water partition coefficient (Wildman–Crippen LogP) is 1.33. The summed E-state index contributed by atoms with van der Waals surface area (Å²) in [6.45, 7) is 6.68. The van der Waals surface area contributed by atoms with E-state index in [1.165, 1.54) is 11.0 Å². The first-order valence-corrected chi connectivity index (χ1v) is 5.56. The van der Waals surface area contributed by atoms with Crippen LogP contribution in [0.25, 0.3) is 0 Å². The number of carbonyl (C=O) groups excluding carboxylic acids is 1. The molecule has 0 aliphatic carbocycles. The van der Waals surface area contributed by atoms with Gasteiger partial charge in [-0.1, -0.05) is 17.7 Å². The third-order valence-electron chi connectivity index (χ3n) is 2.55. The van der Waals surface area contributed by atoms with Crippen LogP contribution < -0.4 is 0 Å². The molecule has 0 radical (unpaired) electrons. The average molecular weight is 238 g/mol. The van der Waals surface area contributed by atoms with Crippen LogP contribution in [0.3, 0.4) is 0 Å². The molecule has 0 spiro atoms. The molecule has 1 aliphatic heterocycles. The van der Waals surface area contributed by atoms with Gasteiger partial charge in [0.2, 0.25) is 0 Å². The first-order chi connectivity index (χ1) is 8.04. The zero-order chi connectivity index (χ0) is 12.8. The van der Waals surface area contributed by atoms with Gasteiger partial charge < -0.3 is 14.9 Å². The average Bonchev–Trinajstić information content (AvgIpc) is 2.27. The quantitative estimate of drug-likeness (QED) is 0.752. The Bertz CT molecular complexity index is 350. The molecule has 0 aromatic rings. The Hall–Kier alpha value is -1.78. The van der Waals surface area contributed by atoms with E-state index in [0.717, 1.165) is 12.0 Å². The van der Waals surface area contributed by atoms with Crippen molar-refractivity contribution in [1.82, 2.24) is 9.80 Å². The fraction of sp³-hybridized carbons (Fsp3) is 0.500. The standard InChI is InChI=1S/C12H18N2O3/c1-3-6-13(9-11(15)16)12(17)14-7-4-5-10(2)8-14/h3,5H,1,4,6-9H2,2H3,(H,15,16). The van der Waals surface area contributed by atoms with Crippen LogP contribution in [-0.4, -0.2) is 53.1 Å². The van der Waals surface area contributed by atoms with Crippen LogP contribution >= 0.6 is 0 Å². The maximum Gasteiger partial charge on any atom is 0.323 e. The van der Waals surface area contributed by atoms with Gasteiger partial charge in [0.15, 0.2) is 0 Å². The van der Waals surface area contributed by atoms with Crippen LogP contribution in [0.4, 0.5) is 4.79 Å². The summed E-state index contributed by atoms with van der Waals surface area (Å²) in [4.78, 5) is 25.7. The normalized spacial score (nSPS) is 15.1. The van der Waals surface area contributed by atoms with Gasteiger partial charge in [-0.15, -0.1) is 6.58 Å². The van der Waals surface area contributed by atoms with Crippen molar-refractivity contribution >= 4 is 12.0 Å². The molecule has 1 N–H and O–H groups in total. The lowest BCUT2D eigenvalue weighted by Gasteiger charge is -2.31. The van der Waals surface area contributed by atoms with E-state index < -0.39 is 5.97 Å². The van der Waals surface area contributed by atoms with Gasteiger partial charge in [-0.2, -0.15) is 0 Å². The van der Waals surface area contributed by atoms with E-state index in [1.807, 2.05) is 6.92 Å². The summed E-state index contributed by atoms with van der Waals surface area (Å²) in [5.74, 6) is -1.01. The number of amides is 2. The smallest absolute Gasteiger partial charge is 0.323 e. The van der Waals surface area contributed by atoms with Gasteiger partial charge in [0, 0.05) is 19.6 Å². The molecule has 17 heavy (non-hydrogen) atoms. The van der Waals surface area contributed by atoms with E-state index >= 15 is 0 Å². The molecule has 0 aromatic heterocycles. The van der Waals surface area contributed by atoms with Gasteiger partial charge in [-0.25, -0.2) is 4.79 Å². The molecule has 1 heterocycles. The molecule has 0 atom stereocenters. The van der Waals surface area contributed by atoms with E-state index in [1.54, 1.807) is 4.90 Å². The van der Waals surface area contributed by atoms with Crippen LogP contribution in [0.15, 0.2) is 24.3 Å². The third-order valence-corrected chi connectivity index (χ3v) is 2.55. The molecule has 0 saturated heterocycles. The summed E-state index contributed by atoms with van der Waals surface area (Å²) in [5, 5.41) is 8.75. The van der Waals surface area contributed by atoms with Gasteiger partial charge in [0.25, 0.3) is 0 Å². The van der Waals surface area contributed by atoms with Gasteiger partial charge in [-0.05, 0) is 13.3 Å². The monoisotopic (exact) mass is 238 g/mol. The molecule has 0 fully saturated rings. The van der Waals surface area contributed by atoms with Gasteiger partial charge >= 0.3 is 12.0 Å². The minimum atomic E-state index is -1.01. The molecule has 0 bridgehead atoms. The highest BCUT2D eigenvalue weighted by atomic mass is 16.4. The second-order valence-electron chi connectivity index (χ2n) is 4.11. The van der Waals surface area contributed by atoms with Crippen molar-refractivity contribution in [3.8, 4) is 0 Å². The zero-order valence-corrected chi connectivity index (χ0v) is 10.1. The summed E-state index contributed by atoms with van der Waals surface area (Å²) in [6.07, 6.45) is 4.46. The van der Waals surface area contributed by atoms with Crippen LogP contribution in [0.5, 0.6) is 0 Å². The summed E-state index contributed by atoms with van der Waals surface area (Å²) < 4.78 is 0. The molecule has 94 valence electrons. The number of hydrogen-bond donors (Lipinski definition) is 1. The summed E-state index contributed by atoms with van der Waals surface area (Å²) in [5.41, 5.74) is 1.14. The molecule has 2 amide bonds. The Morgan fingerprint density at radius 1 is 1.65 bits per heavy atom. The Morgan fingerprint density at radius 2 is 2.35 bits per heavy atom. The second kappa shape index (κ2) is 6.08. The molecule has 1 aliphatic rings. The number of rotatable bonds is 4. The van der Waals surface area contributed by atoms with Crippen molar-refractivity contribution in [2.75, 3.05) is 26.2 Å². The number of nitrogens with zero attached hydrogens (tertiary/aromatic N) is 2. The summed E-state index contributed by atoms with van der Waals surface area (Å²) in [7, 11) is 0. The lowest BCUT2D eigenvalue weighted by molar-refractivity contribution is -0.137. The molecule has 0 aromatic carbocycles. The predicted molar refractivity (Wildman–Crippen MR) is 64.7 cm³/mol. The maximum absolute atomic E-state index is 12.1. The minimum absolute atomic E-state index is 0.236. The number of aliphatic carboxylic acids is 1. The van der Waals surface area contributed by atoms with Crippen LogP contribution in [0.2, 0.25) is 0 Å². The SMILES string of the molecule is C=CCN(CC(=O)O)C(=O)N1CCC=C(C)C1. The molecule has 0 unspecified atom stereocenters. The van der Waals surface area contributed by atoms with Gasteiger partial charge in [-0.3, -0.25) is 4.79 Å². The fourth-order valence-corrected chi connectivity index (χ4v) is 1.80. The van der Waals surface area contributed by atoms with Crippen molar-refractivity contribution in [3.05, 3.63) is 24.3 Å². The molecule has 0 saturated carbocycles. The van der Waals surface area contributed by atoms with E-state index in [-0.39, 0.29) is 19.1 Å². The summed E-state index contributed by atoms with van der Waals surface area (Å²) >= 11 is 0. The van der Waals surface area contributed by atoms with E-state index in [9.17, 15) is 9.59 Å². The molecule has 5 heteroatoms. The minimum Gasteiger partial charge on any atom is -0.480 e. The number of carbonyl (C=O) groups is 2. The van der Waals surface area contributed by atoms with Crippen LogP contribution in [0, 0.1) is 0 Å². The first kappa shape index (κ1) is 13.3. The molecular weight excluding hydrogens is 220 g/mol. The topological polar surface area (TPSA) is 60.9 Å². The number of carboxylic acid groups (broad SMARTS) is 1. The van der Waals surface area contributed by atoms with E-state index in [4.69, 9.17) is 5.11 Å². The third kappa shape index (κ3) is 3.94. The summed E-state index contributed by atoms with van der Waals surface area (Å²) in [6, 6.07) is -0.236. The Balaban J connectivity index is 2.66. The van der Waals surface area contributed by atoms with Crippen molar-refractivity contribution in [1.29, 1.82) is 0 Å². The Kier molecular flexibility index (Phi) is 4.75. The van der Waals surface area contributed by atoms with Crippen molar-refractivity contribution < 1.29 is 14.7 Å². The maximum atomic E-state index is 12.1. The molecule has 1 rings (SSSR count). The zero-order valence-electron chi connectivity index (χ0n) is 10.1. The highest BCUT2D eigenvalue weighted by Crippen LogP contribution is 2.11. The van der Waals surface area contributed by atoms with Gasteiger partial charge in [0.1, 0.15) is 6.54 Å². The lowest BCUT2D eigenvalue weighted by Crippen LogP contribution is -2.47. The van der Waals surface area contributed by atoms with Crippen molar-refractivity contribution in [2.45, 2.75) is 13.3 Å². The van der Waals surface area contributed by atoms with Crippen molar-refractivity contribution in [2.24, 2.45) is 0 Å². The van der Waals surface area contributed by atoms with Gasteiger partial charge in [0.05, 0.1) is 0 Å². The molecule has 5 nitrogen and oxygen atoms in total. The Labute approximate surface area is 101 Å². The molecular formula is C12H18N2O3. The van der Waals surface area contributed by atoms with E-state index in [0.29, 0.717) is 13.1 Å². The number of hydrogen-bond acceptors (Lipinski definition) is 2. The van der Waals surface area contributed by atoms with Crippen LogP contribution in [0.1, 0.15) is 13.3 Å². The highest BCUT2D eigenvalue weighted by Gasteiger charge is 2.23. The number of carboxylic acids is 1. The number of urea groups is 1. The van der Waals surface area contributed by atoms with E-state index in [2.05, 4.69) is 12.7 Å². The Morgan fingerprint density at radius 3 is 2.88 bits per heavy atom. The lowest BCUT2D eigenvalue weighted by atomic mass is 10.1. The highest BCUT2D eigenvalue weighted by molar-refractivity contribution is 5.80. The second-order valence-corrected chi connectivity index (χ2v) is 4.11. The first-order valence-electron chi connectivity index (χ1n) is 5.56. The van der Waals surface area contributed by atoms with Crippen molar-refractivity contribution in [3.63, 3.8) is 0 Å².